The number of hydrogen-bond acceptors (Lipinski definition) is 5. The van der Waals surface area contributed by atoms with E-state index >= 15 is 0 Å². The van der Waals surface area contributed by atoms with Gasteiger partial charge in [0.05, 0.1) is 24.7 Å². The highest BCUT2D eigenvalue weighted by Gasteiger charge is 2.43. The number of likely N-dealkylation sites (tertiary alicyclic amines) is 1. The number of amides is 4. The van der Waals surface area contributed by atoms with Crippen LogP contribution in [-0.2, 0) is 4.79 Å². The van der Waals surface area contributed by atoms with Crippen molar-refractivity contribution < 1.29 is 23.2 Å². The zero-order valence-electron chi connectivity index (χ0n) is 18.5. The van der Waals surface area contributed by atoms with Crippen molar-refractivity contribution in [1.82, 2.24) is 30.1 Å². The van der Waals surface area contributed by atoms with Crippen LogP contribution in [0.5, 0.6) is 0 Å². The number of rotatable bonds is 4. The molecule has 3 aromatic rings. The maximum atomic E-state index is 13.6. The van der Waals surface area contributed by atoms with Crippen molar-refractivity contribution in [3.8, 4) is 0 Å². The molecular weight excluding hydrogens is 458 g/mol. The van der Waals surface area contributed by atoms with E-state index in [0.29, 0.717) is 16.9 Å². The summed E-state index contributed by atoms with van der Waals surface area (Å²) in [7, 11) is 0. The van der Waals surface area contributed by atoms with Gasteiger partial charge in [0.25, 0.3) is 5.91 Å². The number of fused-ring (bicyclic) bond motifs is 1. The lowest BCUT2D eigenvalue weighted by atomic mass is 9.98. The van der Waals surface area contributed by atoms with E-state index in [0.717, 1.165) is 17.5 Å². The van der Waals surface area contributed by atoms with Crippen LogP contribution in [0.2, 0.25) is 0 Å². The van der Waals surface area contributed by atoms with E-state index < -0.39 is 30.2 Å². The second-order valence-corrected chi connectivity index (χ2v) is 9.29. The Hall–Kier alpha value is -3.89. The Morgan fingerprint density at radius 1 is 1.09 bits per heavy atom. The summed E-state index contributed by atoms with van der Waals surface area (Å²) in [6.07, 6.45) is 0.881. The van der Waals surface area contributed by atoms with E-state index in [1.807, 2.05) is 12.1 Å². The average Bonchev–Trinajstić information content (AvgIpc) is 3.37. The van der Waals surface area contributed by atoms with Gasteiger partial charge in [-0.3, -0.25) is 14.9 Å². The number of nitrogens with one attached hydrogen (secondary N) is 2. The van der Waals surface area contributed by atoms with Crippen LogP contribution in [0.1, 0.15) is 51.4 Å². The highest BCUT2D eigenvalue weighted by atomic mass is 19.2. The minimum absolute atomic E-state index is 0.102. The first-order chi connectivity index (χ1) is 16.9. The van der Waals surface area contributed by atoms with Crippen LogP contribution in [-0.4, -0.2) is 69.3 Å². The van der Waals surface area contributed by atoms with Crippen LogP contribution in [0.15, 0.2) is 42.7 Å². The van der Waals surface area contributed by atoms with E-state index in [1.165, 1.54) is 4.90 Å². The van der Waals surface area contributed by atoms with Crippen molar-refractivity contribution in [3.63, 3.8) is 0 Å². The maximum Gasteiger partial charge on any atom is 0.321 e. The van der Waals surface area contributed by atoms with Gasteiger partial charge in [0.1, 0.15) is 0 Å². The number of imide groups is 1. The van der Waals surface area contributed by atoms with Gasteiger partial charge in [0.15, 0.2) is 18.0 Å². The van der Waals surface area contributed by atoms with Crippen molar-refractivity contribution in [2.75, 3.05) is 19.6 Å². The molecule has 2 aliphatic heterocycles. The summed E-state index contributed by atoms with van der Waals surface area (Å²) >= 11 is 0. The molecule has 1 saturated carbocycles. The Bertz CT molecular complexity index is 1350. The fourth-order valence-corrected chi connectivity index (χ4v) is 5.06. The number of imidazole rings is 1. The molecule has 6 rings (SSSR count). The van der Waals surface area contributed by atoms with Crippen molar-refractivity contribution in [2.24, 2.45) is 0 Å². The molecule has 35 heavy (non-hydrogen) atoms. The highest BCUT2D eigenvalue weighted by molar-refractivity contribution is 6.00. The Labute approximate surface area is 198 Å². The van der Waals surface area contributed by atoms with E-state index in [1.54, 1.807) is 35.1 Å². The average molecular weight is 480 g/mol. The number of benzene rings is 1. The van der Waals surface area contributed by atoms with Gasteiger partial charge in [-0.2, -0.15) is 5.10 Å². The van der Waals surface area contributed by atoms with Crippen LogP contribution in [0.25, 0.3) is 5.65 Å². The van der Waals surface area contributed by atoms with Gasteiger partial charge >= 0.3 is 6.03 Å². The molecular formula is C24H22F2N6O3. The lowest BCUT2D eigenvalue weighted by Gasteiger charge is -2.22. The number of aromatic nitrogens is 3. The molecule has 2 N–H and O–H groups in total. The van der Waals surface area contributed by atoms with Crippen LogP contribution < -0.4 is 10.6 Å². The summed E-state index contributed by atoms with van der Waals surface area (Å²) in [5, 5.41) is 9.43. The Kier molecular flexibility index (Phi) is 5.01. The van der Waals surface area contributed by atoms with Gasteiger partial charge in [0.2, 0.25) is 5.91 Å². The van der Waals surface area contributed by atoms with Crippen molar-refractivity contribution in [1.29, 1.82) is 0 Å². The number of hydrogen-bond donors (Lipinski definition) is 2. The quantitative estimate of drug-likeness (QED) is 0.594. The predicted molar refractivity (Wildman–Crippen MR) is 120 cm³/mol. The summed E-state index contributed by atoms with van der Waals surface area (Å²) in [4.78, 5) is 42.3. The second-order valence-electron chi connectivity index (χ2n) is 9.29. The zero-order valence-corrected chi connectivity index (χ0v) is 18.5. The molecule has 2 saturated heterocycles. The molecule has 180 valence electrons. The standard InChI is InChI=1S/C24H22F2N6O3/c25-18-10-31(11-19(18)26)23(34)13-3-1-2-12(6-13)14-7-15(14)16-8-20(30-32-5-4-27-21(16)32)17-9-28-24(35)29-22(17)33/h1-6,8,14-15,17-19H,7,9-11H2,(H2,28,29,33,35)/t14-,15+,17?,18-,19+/m1/s1. The Balaban J connectivity index is 1.27. The first-order valence-corrected chi connectivity index (χ1v) is 11.5. The van der Waals surface area contributed by atoms with E-state index in [4.69, 9.17) is 0 Å². The third-order valence-corrected chi connectivity index (χ3v) is 7.00. The molecule has 0 bridgehead atoms. The first-order valence-electron chi connectivity index (χ1n) is 11.5. The molecule has 1 aliphatic carbocycles. The number of halogens is 2. The number of urea groups is 1. The van der Waals surface area contributed by atoms with Gasteiger partial charge in [-0.15, -0.1) is 0 Å². The second kappa shape index (κ2) is 8.10. The molecule has 4 heterocycles. The summed E-state index contributed by atoms with van der Waals surface area (Å²) < 4.78 is 28.8. The zero-order chi connectivity index (χ0) is 24.3. The molecule has 2 aromatic heterocycles. The van der Waals surface area contributed by atoms with Gasteiger partial charge in [-0.1, -0.05) is 12.1 Å². The Morgan fingerprint density at radius 2 is 1.89 bits per heavy atom. The van der Waals surface area contributed by atoms with Gasteiger partial charge in [0, 0.05) is 30.1 Å². The molecule has 0 spiro atoms. The summed E-state index contributed by atoms with van der Waals surface area (Å²) in [5.41, 5.74) is 3.53. The molecule has 1 aromatic carbocycles. The molecule has 9 nitrogen and oxygen atoms in total. The smallest absolute Gasteiger partial charge is 0.321 e. The summed E-state index contributed by atoms with van der Waals surface area (Å²) in [6, 6.07) is 8.53. The lowest BCUT2D eigenvalue weighted by Crippen LogP contribution is -2.51. The monoisotopic (exact) mass is 480 g/mol. The number of carbonyl (C=O) groups excluding carboxylic acids is 3. The van der Waals surface area contributed by atoms with Crippen LogP contribution in [0, 0.1) is 0 Å². The van der Waals surface area contributed by atoms with E-state index in [9.17, 15) is 23.2 Å². The summed E-state index contributed by atoms with van der Waals surface area (Å²) in [6.45, 7) is -0.308. The van der Waals surface area contributed by atoms with Crippen LogP contribution in [0.4, 0.5) is 13.6 Å². The van der Waals surface area contributed by atoms with Gasteiger partial charge < -0.3 is 10.2 Å². The molecule has 5 atom stereocenters. The van der Waals surface area contributed by atoms with E-state index in [2.05, 4.69) is 20.7 Å². The minimum atomic E-state index is -1.65. The molecule has 11 heteroatoms. The predicted octanol–water partition coefficient (Wildman–Crippen LogP) is 2.06. The number of carbonyl (C=O) groups is 3. The third-order valence-electron chi connectivity index (χ3n) is 7.00. The highest BCUT2D eigenvalue weighted by Crippen LogP contribution is 2.55. The first kappa shape index (κ1) is 21.6. The third kappa shape index (κ3) is 3.80. The molecule has 0 radical (unpaired) electrons. The SMILES string of the molecule is O=C1NCC(c2cc([C@H]3C[C@@H]3c3cccc(C(=O)N4C[C@@H](F)[C@@H](F)C4)c3)c3nccn3n2)C(=O)N1. The van der Waals surface area contributed by atoms with Crippen molar-refractivity contribution in [2.45, 2.75) is 36.5 Å². The Morgan fingerprint density at radius 3 is 2.66 bits per heavy atom. The molecule has 3 fully saturated rings. The maximum absolute atomic E-state index is 13.6. The number of alkyl halides is 2. The topological polar surface area (TPSA) is 109 Å². The van der Waals surface area contributed by atoms with Crippen molar-refractivity contribution in [3.05, 3.63) is 65.1 Å². The largest absolute Gasteiger partial charge is 0.337 e. The fourth-order valence-electron chi connectivity index (χ4n) is 5.06. The van der Waals surface area contributed by atoms with Crippen LogP contribution >= 0.6 is 0 Å². The van der Waals surface area contributed by atoms with Gasteiger partial charge in [-0.05, 0) is 42.0 Å². The number of nitrogens with zero attached hydrogens (tertiary/aromatic N) is 4. The van der Waals surface area contributed by atoms with E-state index in [-0.39, 0.29) is 37.4 Å². The van der Waals surface area contributed by atoms with Crippen LogP contribution in [0.3, 0.4) is 0 Å². The molecule has 4 amide bonds. The lowest BCUT2D eigenvalue weighted by molar-refractivity contribution is -0.122. The normalized spacial score (nSPS) is 28.2. The van der Waals surface area contributed by atoms with Crippen molar-refractivity contribution >= 4 is 23.5 Å². The minimum Gasteiger partial charge on any atom is -0.337 e. The molecule has 1 unspecified atom stereocenters. The van der Waals surface area contributed by atoms with Gasteiger partial charge in [-0.25, -0.2) is 23.1 Å². The molecule has 3 aliphatic rings. The fraction of sp³-hybridized carbons (Fsp3) is 0.375. The summed E-state index contributed by atoms with van der Waals surface area (Å²) in [5.74, 6) is -1.17.